The first-order valence-electron chi connectivity index (χ1n) is 5.93. The predicted molar refractivity (Wildman–Crippen MR) is 74.4 cm³/mol. The Bertz CT molecular complexity index is 511. The summed E-state index contributed by atoms with van der Waals surface area (Å²) in [6.45, 7) is 1.93. The number of hydrogen-bond acceptors (Lipinski definition) is 4. The molecule has 0 radical (unpaired) electrons. The fourth-order valence-corrected chi connectivity index (χ4v) is 3.67. The summed E-state index contributed by atoms with van der Waals surface area (Å²) < 4.78 is 23.1. The molecule has 0 bridgehead atoms. The summed E-state index contributed by atoms with van der Waals surface area (Å²) in [5.74, 6) is 0.499. The minimum absolute atomic E-state index is 0.220. The molecule has 0 atom stereocenters. The molecule has 1 aliphatic heterocycles. The normalized spacial score (nSPS) is 20.5. The molecule has 1 aromatic rings. The minimum atomic E-state index is -2.87. The summed E-state index contributed by atoms with van der Waals surface area (Å²) in [5, 5.41) is 0.641. The zero-order valence-electron chi connectivity index (χ0n) is 10.1. The van der Waals surface area contributed by atoms with E-state index in [1.54, 1.807) is 0 Å². The summed E-state index contributed by atoms with van der Waals surface area (Å²) >= 11 is 6.12. The Hall–Kier alpha value is -0.780. The highest BCUT2D eigenvalue weighted by Crippen LogP contribution is 2.24. The van der Waals surface area contributed by atoms with E-state index in [9.17, 15) is 8.42 Å². The van der Waals surface area contributed by atoms with Crippen LogP contribution in [0.5, 0.6) is 0 Å². The molecule has 1 aliphatic rings. The second-order valence-corrected chi connectivity index (χ2v) is 7.30. The number of hydrogen-bond donors (Lipinski definition) is 1. The van der Waals surface area contributed by atoms with Gasteiger partial charge in [0.05, 0.1) is 11.5 Å². The van der Waals surface area contributed by atoms with Gasteiger partial charge in [-0.1, -0.05) is 17.7 Å². The van der Waals surface area contributed by atoms with Gasteiger partial charge in [-0.2, -0.15) is 0 Å². The van der Waals surface area contributed by atoms with Crippen molar-refractivity contribution in [2.75, 3.05) is 30.3 Å². The summed E-state index contributed by atoms with van der Waals surface area (Å²) in [6, 6.07) is 5.44. The first-order chi connectivity index (χ1) is 8.48. The Balaban J connectivity index is 2.10. The van der Waals surface area contributed by atoms with E-state index in [0.717, 1.165) is 12.1 Å². The van der Waals surface area contributed by atoms with Crippen LogP contribution in [0.3, 0.4) is 0 Å². The van der Waals surface area contributed by atoms with E-state index >= 15 is 0 Å². The zero-order chi connectivity index (χ0) is 13.2. The van der Waals surface area contributed by atoms with Crippen molar-refractivity contribution in [3.05, 3.63) is 28.8 Å². The molecule has 1 aromatic carbocycles. The summed E-state index contributed by atoms with van der Waals surface area (Å²) in [5.41, 5.74) is 7.45. The van der Waals surface area contributed by atoms with Crippen LogP contribution in [0, 0.1) is 0 Å². The van der Waals surface area contributed by atoms with Crippen LogP contribution in [0.1, 0.15) is 12.0 Å². The first kappa shape index (κ1) is 13.6. The molecular formula is C12H17ClN2O2S. The van der Waals surface area contributed by atoms with Crippen molar-refractivity contribution in [3.63, 3.8) is 0 Å². The average Bonchev–Trinajstić information content (AvgIpc) is 2.46. The maximum Gasteiger partial charge on any atom is 0.151 e. The number of nitrogens with two attached hydrogens (primary N) is 1. The van der Waals surface area contributed by atoms with E-state index in [4.69, 9.17) is 17.3 Å². The lowest BCUT2D eigenvalue weighted by molar-refractivity contribution is 0.288. The van der Waals surface area contributed by atoms with E-state index in [2.05, 4.69) is 4.90 Å². The van der Waals surface area contributed by atoms with Crippen LogP contribution < -0.4 is 5.73 Å². The predicted octanol–water partition coefficient (Wildman–Crippen LogP) is 1.54. The van der Waals surface area contributed by atoms with Gasteiger partial charge in [0.1, 0.15) is 0 Å². The van der Waals surface area contributed by atoms with Crippen LogP contribution >= 0.6 is 11.6 Å². The second-order valence-electron chi connectivity index (χ2n) is 4.59. The number of rotatable bonds is 2. The first-order valence-corrected chi connectivity index (χ1v) is 8.13. The topological polar surface area (TPSA) is 63.4 Å². The largest absolute Gasteiger partial charge is 0.398 e. The average molecular weight is 289 g/mol. The maximum absolute atomic E-state index is 11.5. The van der Waals surface area contributed by atoms with Crippen molar-refractivity contribution >= 4 is 27.1 Å². The fraction of sp³-hybridized carbons (Fsp3) is 0.500. The number of benzene rings is 1. The molecule has 1 saturated heterocycles. The van der Waals surface area contributed by atoms with Crippen LogP contribution in [0.2, 0.25) is 5.02 Å². The zero-order valence-corrected chi connectivity index (χ0v) is 11.7. The van der Waals surface area contributed by atoms with Gasteiger partial charge in [0.25, 0.3) is 0 Å². The molecule has 0 saturated carbocycles. The van der Waals surface area contributed by atoms with Gasteiger partial charge in [-0.05, 0) is 25.1 Å². The Morgan fingerprint density at radius 1 is 1.28 bits per heavy atom. The Morgan fingerprint density at radius 3 is 2.78 bits per heavy atom. The van der Waals surface area contributed by atoms with Crippen molar-refractivity contribution < 1.29 is 8.42 Å². The molecular weight excluding hydrogens is 272 g/mol. The van der Waals surface area contributed by atoms with Gasteiger partial charge in [0.2, 0.25) is 0 Å². The van der Waals surface area contributed by atoms with Gasteiger partial charge in [0, 0.05) is 29.4 Å². The van der Waals surface area contributed by atoms with Crippen LogP contribution in [0.25, 0.3) is 0 Å². The van der Waals surface area contributed by atoms with Gasteiger partial charge >= 0.3 is 0 Å². The van der Waals surface area contributed by atoms with Gasteiger partial charge in [-0.25, -0.2) is 8.42 Å². The molecule has 1 heterocycles. The third-order valence-corrected chi connectivity index (χ3v) is 5.25. The standard InChI is InChI=1S/C12H17ClN2O2S/c13-11-3-1-4-12(14)10(11)9-15-5-2-7-18(16,17)8-6-15/h1,3-4H,2,5-9,14H2. The molecule has 0 unspecified atom stereocenters. The van der Waals surface area contributed by atoms with Gasteiger partial charge in [-0.3, -0.25) is 4.90 Å². The molecule has 18 heavy (non-hydrogen) atoms. The number of nitrogens with zero attached hydrogens (tertiary/aromatic N) is 1. The molecule has 1 fully saturated rings. The number of halogens is 1. The molecule has 4 nitrogen and oxygen atoms in total. The summed E-state index contributed by atoms with van der Waals surface area (Å²) in [4.78, 5) is 2.10. The highest BCUT2D eigenvalue weighted by Gasteiger charge is 2.20. The van der Waals surface area contributed by atoms with Crippen molar-refractivity contribution in [1.82, 2.24) is 4.90 Å². The molecule has 2 rings (SSSR count). The number of sulfone groups is 1. The monoisotopic (exact) mass is 288 g/mol. The van der Waals surface area contributed by atoms with Crippen LogP contribution in [-0.4, -0.2) is 37.9 Å². The number of anilines is 1. The van der Waals surface area contributed by atoms with E-state index in [-0.39, 0.29) is 11.5 Å². The SMILES string of the molecule is Nc1cccc(Cl)c1CN1CCCS(=O)(=O)CC1. The molecule has 2 N–H and O–H groups in total. The quantitative estimate of drug-likeness (QED) is 0.839. The summed E-state index contributed by atoms with van der Waals surface area (Å²) in [6.07, 6.45) is 0.673. The van der Waals surface area contributed by atoms with Gasteiger partial charge in [0.15, 0.2) is 9.84 Å². The lowest BCUT2D eigenvalue weighted by atomic mass is 10.1. The molecule has 0 aromatic heterocycles. The smallest absolute Gasteiger partial charge is 0.151 e. The number of nitrogen functional groups attached to an aromatic ring is 1. The van der Waals surface area contributed by atoms with E-state index in [0.29, 0.717) is 30.2 Å². The molecule has 0 spiro atoms. The fourth-order valence-electron chi connectivity index (χ4n) is 2.11. The maximum atomic E-state index is 11.5. The third kappa shape index (κ3) is 3.37. The summed E-state index contributed by atoms with van der Waals surface area (Å²) in [7, 11) is -2.87. The van der Waals surface area contributed by atoms with Crippen molar-refractivity contribution in [3.8, 4) is 0 Å². The Morgan fingerprint density at radius 2 is 2.06 bits per heavy atom. The van der Waals surface area contributed by atoms with Crippen molar-refractivity contribution in [1.29, 1.82) is 0 Å². The van der Waals surface area contributed by atoms with E-state index < -0.39 is 9.84 Å². The molecule has 0 amide bonds. The van der Waals surface area contributed by atoms with Crippen LogP contribution in [0.15, 0.2) is 18.2 Å². The van der Waals surface area contributed by atoms with Crippen LogP contribution in [-0.2, 0) is 16.4 Å². The molecule has 6 heteroatoms. The van der Waals surface area contributed by atoms with Gasteiger partial charge in [-0.15, -0.1) is 0 Å². The third-order valence-electron chi connectivity index (χ3n) is 3.19. The van der Waals surface area contributed by atoms with Crippen LogP contribution in [0.4, 0.5) is 5.69 Å². The lowest BCUT2D eigenvalue weighted by Crippen LogP contribution is -2.27. The second kappa shape index (κ2) is 5.47. The molecule has 0 aliphatic carbocycles. The molecule has 100 valence electrons. The van der Waals surface area contributed by atoms with Gasteiger partial charge < -0.3 is 5.73 Å². The van der Waals surface area contributed by atoms with Crippen molar-refractivity contribution in [2.45, 2.75) is 13.0 Å². The Labute approximate surface area is 113 Å². The van der Waals surface area contributed by atoms with E-state index in [1.807, 2.05) is 18.2 Å². The minimum Gasteiger partial charge on any atom is -0.398 e. The Kier molecular flexibility index (Phi) is 4.14. The highest BCUT2D eigenvalue weighted by atomic mass is 35.5. The van der Waals surface area contributed by atoms with E-state index in [1.165, 1.54) is 0 Å². The van der Waals surface area contributed by atoms with Crippen molar-refractivity contribution in [2.24, 2.45) is 0 Å². The lowest BCUT2D eigenvalue weighted by Gasteiger charge is -2.20. The highest BCUT2D eigenvalue weighted by molar-refractivity contribution is 7.91.